The van der Waals surface area contributed by atoms with Gasteiger partial charge >= 0.3 is 0 Å². The molecule has 4 heterocycles. The van der Waals surface area contributed by atoms with Crippen molar-refractivity contribution in [2.24, 2.45) is 23.9 Å². The average Bonchev–Trinajstić information content (AvgIpc) is 3.30. The van der Waals surface area contributed by atoms with Gasteiger partial charge in [0.15, 0.2) is 0 Å². The quantitative estimate of drug-likeness (QED) is 0.885. The summed E-state index contributed by atoms with van der Waals surface area (Å²) < 4.78 is 7.43. The summed E-state index contributed by atoms with van der Waals surface area (Å²) in [6.45, 7) is 6.12. The van der Waals surface area contributed by atoms with Gasteiger partial charge in [0.25, 0.3) is 0 Å². The molecule has 150 valence electrons. The first-order chi connectivity index (χ1) is 13.7. The van der Waals surface area contributed by atoms with Crippen molar-refractivity contribution in [3.63, 3.8) is 0 Å². The molecule has 6 nitrogen and oxygen atoms in total. The summed E-state index contributed by atoms with van der Waals surface area (Å²) in [5.41, 5.74) is 4.97. The van der Waals surface area contributed by atoms with E-state index in [1.54, 1.807) is 0 Å². The number of H-pyrrole nitrogens is 1. The highest BCUT2D eigenvalue weighted by molar-refractivity contribution is 5.79. The van der Waals surface area contributed by atoms with Crippen molar-refractivity contribution in [2.75, 3.05) is 26.3 Å². The second-order valence-corrected chi connectivity index (χ2v) is 8.69. The zero-order valence-electron chi connectivity index (χ0n) is 17.0. The first-order valence-corrected chi connectivity index (χ1v) is 10.8. The van der Waals surface area contributed by atoms with Crippen LogP contribution in [0.1, 0.15) is 36.9 Å². The van der Waals surface area contributed by atoms with E-state index in [4.69, 9.17) is 9.73 Å². The third-order valence-corrected chi connectivity index (χ3v) is 7.01. The van der Waals surface area contributed by atoms with Gasteiger partial charge in [-0.05, 0) is 44.9 Å². The van der Waals surface area contributed by atoms with Gasteiger partial charge in [-0.1, -0.05) is 0 Å². The molecule has 0 spiro atoms. The van der Waals surface area contributed by atoms with Gasteiger partial charge in [-0.25, -0.2) is 4.99 Å². The fraction of sp³-hybridized carbons (Fsp3) is 0.636. The highest BCUT2D eigenvalue weighted by Gasteiger charge is 2.32. The number of aromatic nitrogens is 3. The van der Waals surface area contributed by atoms with Gasteiger partial charge in [0, 0.05) is 67.4 Å². The monoisotopic (exact) mass is 381 g/mol. The third kappa shape index (κ3) is 3.33. The lowest BCUT2D eigenvalue weighted by Gasteiger charge is -2.40. The molecule has 2 fully saturated rings. The molecule has 1 atom stereocenters. The molecule has 2 aromatic rings. The molecule has 1 aliphatic carbocycles. The van der Waals surface area contributed by atoms with E-state index >= 15 is 0 Å². The van der Waals surface area contributed by atoms with E-state index in [0.717, 1.165) is 56.2 Å². The zero-order valence-corrected chi connectivity index (χ0v) is 17.0. The Balaban J connectivity index is 1.28. The zero-order chi connectivity index (χ0) is 19.1. The van der Waals surface area contributed by atoms with Crippen molar-refractivity contribution in [2.45, 2.75) is 45.1 Å². The molecule has 1 N–H and O–H groups in total. The topological polar surface area (TPSA) is 58.4 Å². The summed E-state index contributed by atoms with van der Waals surface area (Å²) in [6, 6.07) is 0.761. The van der Waals surface area contributed by atoms with Crippen LogP contribution in [0.15, 0.2) is 17.4 Å². The molecule has 1 saturated carbocycles. The molecule has 0 aromatic carbocycles. The lowest BCUT2D eigenvalue weighted by atomic mass is 9.75. The van der Waals surface area contributed by atoms with Crippen LogP contribution in [-0.2, 0) is 18.2 Å². The molecule has 3 aliphatic rings. The summed E-state index contributed by atoms with van der Waals surface area (Å²) in [5, 5.41) is 4.53. The number of aliphatic imine (C=N–C) groups is 1. The SMILES string of the molecule is Cc1nn(C)cc1-c1c[nH]c2c1CC(C1CCC(N3CCOCC3)CC1)C=N2. The normalized spacial score (nSPS) is 28.4. The number of rotatable bonds is 3. The molecule has 2 aliphatic heterocycles. The van der Waals surface area contributed by atoms with Crippen molar-refractivity contribution in [1.29, 1.82) is 0 Å². The Morgan fingerprint density at radius 2 is 1.89 bits per heavy atom. The number of ether oxygens (including phenoxy) is 1. The van der Waals surface area contributed by atoms with E-state index in [0.29, 0.717) is 5.92 Å². The Morgan fingerprint density at radius 3 is 2.61 bits per heavy atom. The molecule has 6 heteroatoms. The van der Waals surface area contributed by atoms with Gasteiger partial charge in [0.05, 0.1) is 18.9 Å². The Morgan fingerprint density at radius 1 is 1.11 bits per heavy atom. The van der Waals surface area contributed by atoms with Crippen LogP contribution in [0.4, 0.5) is 5.82 Å². The number of nitrogens with one attached hydrogen (secondary N) is 1. The number of morpholine rings is 1. The Labute approximate surface area is 167 Å². The second-order valence-electron chi connectivity index (χ2n) is 8.69. The third-order valence-electron chi connectivity index (χ3n) is 7.01. The molecule has 1 unspecified atom stereocenters. The fourth-order valence-corrected chi connectivity index (χ4v) is 5.45. The molecule has 2 aromatic heterocycles. The minimum Gasteiger partial charge on any atom is -0.379 e. The molecule has 0 radical (unpaired) electrons. The van der Waals surface area contributed by atoms with Crippen molar-refractivity contribution < 1.29 is 4.74 Å². The molecule has 0 bridgehead atoms. The van der Waals surface area contributed by atoms with Gasteiger partial charge in [-0.15, -0.1) is 0 Å². The van der Waals surface area contributed by atoms with Crippen molar-refractivity contribution in [3.05, 3.63) is 23.7 Å². The van der Waals surface area contributed by atoms with Crippen molar-refractivity contribution in [3.8, 4) is 11.1 Å². The summed E-state index contributed by atoms with van der Waals surface area (Å²) in [5.74, 6) is 2.35. The van der Waals surface area contributed by atoms with Crippen LogP contribution in [0.5, 0.6) is 0 Å². The highest BCUT2D eigenvalue weighted by atomic mass is 16.5. The molecule has 0 amide bonds. The van der Waals surface area contributed by atoms with E-state index < -0.39 is 0 Å². The van der Waals surface area contributed by atoms with Crippen LogP contribution in [0, 0.1) is 18.8 Å². The Bertz CT molecular complexity index is 852. The van der Waals surface area contributed by atoms with Crippen LogP contribution in [-0.4, -0.2) is 58.2 Å². The summed E-state index contributed by atoms with van der Waals surface area (Å²) in [6.07, 6.45) is 12.8. The van der Waals surface area contributed by atoms with Crippen molar-refractivity contribution >= 4 is 12.0 Å². The van der Waals surface area contributed by atoms with E-state index in [2.05, 4.69) is 40.5 Å². The van der Waals surface area contributed by atoms with E-state index in [9.17, 15) is 0 Å². The lowest BCUT2D eigenvalue weighted by molar-refractivity contribution is 0.00369. The average molecular weight is 382 g/mol. The molecule has 28 heavy (non-hydrogen) atoms. The van der Waals surface area contributed by atoms with Gasteiger partial charge in [-0.3, -0.25) is 9.58 Å². The largest absolute Gasteiger partial charge is 0.379 e. The fourth-order valence-electron chi connectivity index (χ4n) is 5.45. The molecule has 5 rings (SSSR count). The predicted octanol–water partition coefficient (Wildman–Crippen LogP) is 3.49. The lowest BCUT2D eigenvalue weighted by Crippen LogP contribution is -2.45. The van der Waals surface area contributed by atoms with Gasteiger partial charge in [0.2, 0.25) is 0 Å². The number of nitrogens with zero attached hydrogens (tertiary/aromatic N) is 4. The van der Waals surface area contributed by atoms with E-state index in [1.165, 1.54) is 42.4 Å². The maximum Gasteiger partial charge on any atom is 0.133 e. The number of aromatic amines is 1. The van der Waals surface area contributed by atoms with Gasteiger partial charge in [-0.2, -0.15) is 5.10 Å². The number of aryl methyl sites for hydroxylation is 2. The van der Waals surface area contributed by atoms with Crippen LogP contribution in [0.25, 0.3) is 11.1 Å². The van der Waals surface area contributed by atoms with Crippen LogP contribution in [0.3, 0.4) is 0 Å². The summed E-state index contributed by atoms with van der Waals surface area (Å²) >= 11 is 0. The second kappa shape index (κ2) is 7.48. The van der Waals surface area contributed by atoms with Gasteiger partial charge < -0.3 is 9.72 Å². The predicted molar refractivity (Wildman–Crippen MR) is 111 cm³/mol. The smallest absolute Gasteiger partial charge is 0.133 e. The maximum absolute atomic E-state index is 5.52. The Kier molecular flexibility index (Phi) is 4.85. The van der Waals surface area contributed by atoms with Crippen LogP contribution < -0.4 is 0 Å². The number of hydrogen-bond donors (Lipinski definition) is 1. The van der Waals surface area contributed by atoms with Crippen LogP contribution in [0.2, 0.25) is 0 Å². The minimum absolute atomic E-state index is 0.560. The Hall–Kier alpha value is -1.92. The first-order valence-electron chi connectivity index (χ1n) is 10.8. The van der Waals surface area contributed by atoms with E-state index in [1.807, 2.05) is 11.7 Å². The number of hydrogen-bond acceptors (Lipinski definition) is 4. The molecular weight excluding hydrogens is 350 g/mol. The highest BCUT2D eigenvalue weighted by Crippen LogP contribution is 2.40. The van der Waals surface area contributed by atoms with Gasteiger partial charge in [0.1, 0.15) is 5.82 Å². The molecule has 1 saturated heterocycles. The van der Waals surface area contributed by atoms with Crippen LogP contribution >= 0.6 is 0 Å². The first kappa shape index (κ1) is 18.1. The molecular formula is C22H31N5O. The number of fused-ring (bicyclic) bond motifs is 1. The maximum atomic E-state index is 5.52. The minimum atomic E-state index is 0.560. The standard InChI is InChI=1S/C22H31N5O/c1-15-21(14-26(2)25-15)20-13-24-22-19(20)11-17(12-23-22)16-3-5-18(6-4-16)27-7-9-28-10-8-27/h12-14,16-18,24H,3-11H2,1-2H3. The summed E-state index contributed by atoms with van der Waals surface area (Å²) in [7, 11) is 1.99. The summed E-state index contributed by atoms with van der Waals surface area (Å²) in [4.78, 5) is 10.8. The van der Waals surface area contributed by atoms with E-state index in [-0.39, 0.29) is 0 Å². The van der Waals surface area contributed by atoms with Crippen molar-refractivity contribution in [1.82, 2.24) is 19.7 Å².